The molecule has 0 amide bonds. The van der Waals surface area contributed by atoms with E-state index >= 15 is 0 Å². The molecule has 0 saturated carbocycles. The van der Waals surface area contributed by atoms with Gasteiger partial charge in [0.05, 0.1) is 23.4 Å². The Balaban J connectivity index is 2.09. The monoisotopic (exact) mass is 255 g/mol. The fraction of sp³-hybridized carbons (Fsp3) is 0.0769. The molecule has 3 rings (SSSR count). The summed E-state index contributed by atoms with van der Waals surface area (Å²) in [5, 5.41) is 0.953. The van der Waals surface area contributed by atoms with Crippen LogP contribution in [0.4, 0.5) is 0 Å². The number of nitrogens with zero attached hydrogens (tertiary/aromatic N) is 3. The van der Waals surface area contributed by atoms with Crippen molar-refractivity contribution in [1.29, 1.82) is 0 Å². The average Bonchev–Trinajstić information content (AvgIpc) is 2.91. The SMILES string of the molecule is Cc1ccc2cc(C(=O)c3cnsn3)ccc2n1. The van der Waals surface area contributed by atoms with Gasteiger partial charge in [0.1, 0.15) is 5.69 Å². The first-order chi connectivity index (χ1) is 8.74. The van der Waals surface area contributed by atoms with Crippen molar-refractivity contribution >= 4 is 28.4 Å². The number of rotatable bonds is 2. The van der Waals surface area contributed by atoms with Gasteiger partial charge >= 0.3 is 0 Å². The first-order valence-electron chi connectivity index (χ1n) is 5.44. The third-order valence-corrected chi connectivity index (χ3v) is 3.16. The second kappa shape index (κ2) is 4.27. The zero-order chi connectivity index (χ0) is 12.5. The number of fused-ring (bicyclic) bond motifs is 1. The van der Waals surface area contributed by atoms with Gasteiger partial charge in [0, 0.05) is 16.6 Å². The van der Waals surface area contributed by atoms with E-state index < -0.39 is 0 Å². The molecule has 88 valence electrons. The zero-order valence-electron chi connectivity index (χ0n) is 9.62. The molecule has 3 aromatic rings. The zero-order valence-corrected chi connectivity index (χ0v) is 10.4. The maximum Gasteiger partial charge on any atom is 0.214 e. The fourth-order valence-corrected chi connectivity index (χ4v) is 2.19. The van der Waals surface area contributed by atoms with E-state index in [1.54, 1.807) is 6.07 Å². The number of carbonyl (C=O) groups is 1. The standard InChI is InChI=1S/C13H9N3OS/c1-8-2-3-9-6-10(4-5-11(9)15-8)13(17)12-7-14-18-16-12/h2-7H,1H3. The number of ketones is 1. The molecule has 18 heavy (non-hydrogen) atoms. The summed E-state index contributed by atoms with van der Waals surface area (Å²) >= 11 is 1.03. The fourth-order valence-electron chi connectivity index (χ4n) is 1.78. The molecular formula is C13H9N3OS. The Hall–Kier alpha value is -2.14. The third-order valence-electron chi connectivity index (χ3n) is 2.68. The Morgan fingerprint density at radius 3 is 2.89 bits per heavy atom. The number of aromatic nitrogens is 3. The molecule has 0 saturated heterocycles. The smallest absolute Gasteiger partial charge is 0.214 e. The molecule has 0 bridgehead atoms. The third kappa shape index (κ3) is 1.89. The van der Waals surface area contributed by atoms with E-state index in [0.717, 1.165) is 28.3 Å². The summed E-state index contributed by atoms with van der Waals surface area (Å²) in [5.74, 6) is -0.105. The Morgan fingerprint density at radius 2 is 2.11 bits per heavy atom. The topological polar surface area (TPSA) is 55.7 Å². The summed E-state index contributed by atoms with van der Waals surface area (Å²) in [6.07, 6.45) is 1.49. The summed E-state index contributed by atoms with van der Waals surface area (Å²) in [4.78, 5) is 16.5. The molecule has 2 heterocycles. The minimum atomic E-state index is -0.105. The van der Waals surface area contributed by atoms with Crippen molar-refractivity contribution in [2.45, 2.75) is 6.92 Å². The van der Waals surface area contributed by atoms with Crippen LogP contribution in [0, 0.1) is 6.92 Å². The van der Waals surface area contributed by atoms with Gasteiger partial charge in [0.2, 0.25) is 5.78 Å². The number of hydrogen-bond acceptors (Lipinski definition) is 5. The van der Waals surface area contributed by atoms with Crippen LogP contribution in [0.2, 0.25) is 0 Å². The van der Waals surface area contributed by atoms with E-state index in [9.17, 15) is 4.79 Å². The maximum absolute atomic E-state index is 12.1. The molecule has 0 fully saturated rings. The first kappa shape index (κ1) is 11.0. The average molecular weight is 255 g/mol. The van der Waals surface area contributed by atoms with Gasteiger partial charge in [-0.25, -0.2) is 0 Å². The van der Waals surface area contributed by atoms with Gasteiger partial charge in [-0.1, -0.05) is 6.07 Å². The molecule has 0 N–H and O–H groups in total. The summed E-state index contributed by atoms with van der Waals surface area (Å²) in [6.45, 7) is 1.94. The van der Waals surface area contributed by atoms with Crippen molar-refractivity contribution in [2.24, 2.45) is 0 Å². The molecule has 0 aliphatic heterocycles. The Morgan fingerprint density at radius 1 is 1.22 bits per heavy atom. The van der Waals surface area contributed by atoms with Crippen molar-refractivity contribution in [2.75, 3.05) is 0 Å². The maximum atomic E-state index is 12.1. The van der Waals surface area contributed by atoms with E-state index in [1.807, 2.05) is 31.2 Å². The first-order valence-corrected chi connectivity index (χ1v) is 6.17. The highest BCUT2D eigenvalue weighted by atomic mass is 32.1. The summed E-state index contributed by atoms with van der Waals surface area (Å²) in [6, 6.07) is 9.37. The summed E-state index contributed by atoms with van der Waals surface area (Å²) < 4.78 is 7.79. The normalized spacial score (nSPS) is 10.7. The lowest BCUT2D eigenvalue weighted by Gasteiger charge is -2.01. The van der Waals surface area contributed by atoms with Crippen LogP contribution in [0.15, 0.2) is 36.5 Å². The molecule has 0 aliphatic carbocycles. The number of carbonyl (C=O) groups excluding carboxylic acids is 1. The second-order valence-corrected chi connectivity index (χ2v) is 4.54. The van der Waals surface area contributed by atoms with Gasteiger partial charge in [0.15, 0.2) is 0 Å². The highest BCUT2D eigenvalue weighted by Crippen LogP contribution is 2.17. The Labute approximate surface area is 108 Å². The lowest BCUT2D eigenvalue weighted by atomic mass is 10.1. The highest BCUT2D eigenvalue weighted by molar-refractivity contribution is 6.99. The molecule has 2 aromatic heterocycles. The van der Waals surface area contributed by atoms with Gasteiger partial charge < -0.3 is 0 Å². The predicted octanol–water partition coefficient (Wildman–Crippen LogP) is 2.63. The van der Waals surface area contributed by atoms with Crippen LogP contribution < -0.4 is 0 Å². The molecule has 0 atom stereocenters. The molecule has 0 unspecified atom stereocenters. The van der Waals surface area contributed by atoms with Crippen LogP contribution in [0.5, 0.6) is 0 Å². The van der Waals surface area contributed by atoms with Crippen LogP contribution in [0.3, 0.4) is 0 Å². The van der Waals surface area contributed by atoms with Gasteiger partial charge in [0.25, 0.3) is 0 Å². The van der Waals surface area contributed by atoms with Crippen LogP contribution >= 0.6 is 11.7 Å². The molecule has 1 aromatic carbocycles. The second-order valence-electron chi connectivity index (χ2n) is 3.98. The van der Waals surface area contributed by atoms with Crippen LogP contribution in [-0.4, -0.2) is 19.5 Å². The number of hydrogen-bond donors (Lipinski definition) is 0. The lowest BCUT2D eigenvalue weighted by molar-refractivity contribution is 0.103. The van der Waals surface area contributed by atoms with Crippen molar-refractivity contribution in [3.63, 3.8) is 0 Å². The minimum absolute atomic E-state index is 0.105. The Kier molecular flexibility index (Phi) is 2.60. The van der Waals surface area contributed by atoms with Crippen LogP contribution in [0.25, 0.3) is 10.9 Å². The molecular weight excluding hydrogens is 246 g/mol. The van der Waals surface area contributed by atoms with E-state index in [4.69, 9.17) is 0 Å². The molecule has 5 heteroatoms. The van der Waals surface area contributed by atoms with Crippen molar-refractivity contribution in [3.8, 4) is 0 Å². The number of aryl methyl sites for hydroxylation is 1. The highest BCUT2D eigenvalue weighted by Gasteiger charge is 2.12. The number of benzene rings is 1. The van der Waals surface area contributed by atoms with E-state index in [0.29, 0.717) is 11.3 Å². The van der Waals surface area contributed by atoms with Crippen molar-refractivity contribution in [3.05, 3.63) is 53.5 Å². The van der Waals surface area contributed by atoms with Crippen molar-refractivity contribution < 1.29 is 4.79 Å². The predicted molar refractivity (Wildman–Crippen MR) is 69.8 cm³/mol. The van der Waals surface area contributed by atoms with E-state index in [1.165, 1.54) is 6.20 Å². The Bertz CT molecular complexity index is 722. The lowest BCUT2D eigenvalue weighted by Crippen LogP contribution is -2.01. The van der Waals surface area contributed by atoms with Gasteiger partial charge in [-0.15, -0.1) is 0 Å². The van der Waals surface area contributed by atoms with Crippen LogP contribution in [-0.2, 0) is 0 Å². The van der Waals surface area contributed by atoms with Gasteiger partial charge in [-0.3, -0.25) is 9.78 Å². The largest absolute Gasteiger partial charge is 0.287 e. The van der Waals surface area contributed by atoms with Gasteiger partial charge in [-0.2, -0.15) is 8.75 Å². The van der Waals surface area contributed by atoms with E-state index in [2.05, 4.69) is 13.7 Å². The molecule has 0 aliphatic rings. The van der Waals surface area contributed by atoms with E-state index in [-0.39, 0.29) is 5.78 Å². The number of pyridine rings is 1. The van der Waals surface area contributed by atoms with Crippen LogP contribution in [0.1, 0.15) is 21.7 Å². The van der Waals surface area contributed by atoms with Gasteiger partial charge in [-0.05, 0) is 31.2 Å². The molecule has 0 radical (unpaired) electrons. The summed E-state index contributed by atoms with van der Waals surface area (Å²) in [7, 11) is 0. The molecule has 4 nitrogen and oxygen atoms in total. The van der Waals surface area contributed by atoms with Crippen molar-refractivity contribution in [1.82, 2.24) is 13.7 Å². The minimum Gasteiger partial charge on any atom is -0.287 e. The molecule has 0 spiro atoms. The quantitative estimate of drug-likeness (QED) is 0.660. The summed E-state index contributed by atoms with van der Waals surface area (Å²) in [5.41, 5.74) is 2.86.